The lowest BCUT2D eigenvalue weighted by atomic mass is 10.1. The van der Waals surface area contributed by atoms with Gasteiger partial charge in [0.15, 0.2) is 0 Å². The maximum atomic E-state index is 4.47. The number of rotatable bonds is 4. The molecule has 2 aromatic heterocycles. The zero-order valence-corrected chi connectivity index (χ0v) is 11.9. The van der Waals surface area contributed by atoms with Gasteiger partial charge in [0.1, 0.15) is 0 Å². The van der Waals surface area contributed by atoms with Crippen molar-refractivity contribution in [2.75, 3.05) is 0 Å². The molecule has 0 unspecified atom stereocenters. The van der Waals surface area contributed by atoms with E-state index in [1.54, 1.807) is 11.3 Å². The summed E-state index contributed by atoms with van der Waals surface area (Å²) in [4.78, 5) is 9.78. The van der Waals surface area contributed by atoms with Crippen LogP contribution < -0.4 is 5.32 Å². The molecular weight excluding hydrogens is 242 g/mol. The molecule has 0 spiro atoms. The van der Waals surface area contributed by atoms with Gasteiger partial charge in [-0.05, 0) is 38.5 Å². The first-order chi connectivity index (χ1) is 8.53. The Kier molecular flexibility index (Phi) is 4.09. The third-order valence-corrected chi connectivity index (χ3v) is 3.50. The summed E-state index contributed by atoms with van der Waals surface area (Å²) in [5, 5.41) is 4.63. The van der Waals surface area contributed by atoms with Crippen LogP contribution in [-0.4, -0.2) is 15.5 Å². The Balaban J connectivity index is 1.94. The normalized spacial score (nSPS) is 11.7. The molecule has 2 rings (SSSR count). The van der Waals surface area contributed by atoms with Crippen molar-refractivity contribution in [2.24, 2.45) is 0 Å². The Bertz CT molecular complexity index is 485. The summed E-state index contributed by atoms with van der Waals surface area (Å²) >= 11 is 1.77. The molecule has 18 heavy (non-hydrogen) atoms. The first-order valence-corrected chi connectivity index (χ1v) is 6.92. The van der Waals surface area contributed by atoms with Crippen molar-refractivity contribution < 1.29 is 0 Å². The van der Waals surface area contributed by atoms with Crippen LogP contribution in [0.1, 0.15) is 36.2 Å². The molecule has 0 radical (unpaired) electrons. The molecule has 0 amide bonds. The minimum atomic E-state index is 0.148. The van der Waals surface area contributed by atoms with Crippen molar-refractivity contribution in [1.82, 2.24) is 15.3 Å². The van der Waals surface area contributed by atoms with Gasteiger partial charge >= 0.3 is 0 Å². The summed E-state index contributed by atoms with van der Waals surface area (Å²) in [7, 11) is 0. The monoisotopic (exact) mass is 261 g/mol. The minimum Gasteiger partial charge on any atom is -0.307 e. The van der Waals surface area contributed by atoms with E-state index in [-0.39, 0.29) is 5.54 Å². The van der Waals surface area contributed by atoms with Crippen LogP contribution in [0.4, 0.5) is 0 Å². The smallest absolute Gasteiger partial charge is 0.0972 e. The molecule has 0 fully saturated rings. The molecule has 0 saturated carbocycles. The third-order valence-electron chi connectivity index (χ3n) is 2.50. The molecule has 0 aliphatic heterocycles. The lowest BCUT2D eigenvalue weighted by molar-refractivity contribution is 0.426. The lowest BCUT2D eigenvalue weighted by Crippen LogP contribution is -2.34. The fraction of sp³-hybridized carbons (Fsp3) is 0.429. The molecule has 3 nitrogen and oxygen atoms in total. The van der Waals surface area contributed by atoms with Crippen LogP contribution in [0, 0.1) is 0 Å². The predicted octanol–water partition coefficient (Wildman–Crippen LogP) is 3.02. The molecule has 0 bridgehead atoms. The van der Waals surface area contributed by atoms with E-state index in [1.165, 1.54) is 10.4 Å². The van der Waals surface area contributed by atoms with Gasteiger partial charge in [-0.1, -0.05) is 0 Å². The van der Waals surface area contributed by atoms with Crippen molar-refractivity contribution in [3.63, 3.8) is 0 Å². The summed E-state index contributed by atoms with van der Waals surface area (Å²) < 4.78 is 0. The fourth-order valence-corrected chi connectivity index (χ4v) is 2.44. The minimum absolute atomic E-state index is 0.148. The summed E-state index contributed by atoms with van der Waals surface area (Å²) in [6, 6.07) is 4.07. The zero-order valence-electron chi connectivity index (χ0n) is 11.1. The summed E-state index contributed by atoms with van der Waals surface area (Å²) in [5.41, 5.74) is 1.41. The van der Waals surface area contributed by atoms with Crippen molar-refractivity contribution in [2.45, 2.75) is 39.3 Å². The van der Waals surface area contributed by atoms with E-state index < -0.39 is 0 Å². The number of thiazole rings is 1. The molecule has 1 N–H and O–H groups in total. The summed E-state index contributed by atoms with van der Waals surface area (Å²) in [6.45, 7) is 7.40. The molecule has 0 aromatic carbocycles. The van der Waals surface area contributed by atoms with Gasteiger partial charge in [0.2, 0.25) is 0 Å². The number of hydrogen-bond donors (Lipinski definition) is 1. The van der Waals surface area contributed by atoms with E-state index in [4.69, 9.17) is 0 Å². The van der Waals surface area contributed by atoms with Gasteiger partial charge in [-0.25, -0.2) is 4.98 Å². The zero-order chi connectivity index (χ0) is 13.0. The molecule has 2 aromatic rings. The highest BCUT2D eigenvalue weighted by Gasteiger charge is 2.10. The van der Waals surface area contributed by atoms with Crippen LogP contribution >= 0.6 is 11.3 Å². The largest absolute Gasteiger partial charge is 0.307 e. The van der Waals surface area contributed by atoms with E-state index in [1.807, 2.05) is 30.7 Å². The summed E-state index contributed by atoms with van der Waals surface area (Å²) in [6.07, 6.45) is 6.51. The molecular formula is C14H19N3S. The van der Waals surface area contributed by atoms with Crippen molar-refractivity contribution >= 4 is 11.3 Å². The second-order valence-corrected chi connectivity index (χ2v) is 6.56. The van der Waals surface area contributed by atoms with Crippen LogP contribution in [0.15, 0.2) is 30.7 Å². The maximum absolute atomic E-state index is 4.47. The Morgan fingerprint density at radius 1 is 1.22 bits per heavy atom. The average molecular weight is 261 g/mol. The molecule has 2 heterocycles. The average Bonchev–Trinajstić information content (AvgIpc) is 2.75. The highest BCUT2D eigenvalue weighted by Crippen LogP contribution is 2.17. The predicted molar refractivity (Wildman–Crippen MR) is 75.7 cm³/mol. The van der Waals surface area contributed by atoms with Crippen molar-refractivity contribution in [3.8, 4) is 0 Å². The molecule has 0 aliphatic carbocycles. The van der Waals surface area contributed by atoms with Gasteiger partial charge in [-0.3, -0.25) is 4.98 Å². The van der Waals surface area contributed by atoms with E-state index in [0.29, 0.717) is 0 Å². The topological polar surface area (TPSA) is 37.8 Å². The molecule has 96 valence electrons. The quantitative estimate of drug-likeness (QED) is 0.919. The Labute approximate surface area is 112 Å². The van der Waals surface area contributed by atoms with E-state index in [9.17, 15) is 0 Å². The summed E-state index contributed by atoms with van der Waals surface area (Å²) in [5.74, 6) is 0. The Morgan fingerprint density at radius 3 is 2.61 bits per heavy atom. The van der Waals surface area contributed by atoms with Gasteiger partial charge in [0.05, 0.1) is 5.01 Å². The fourth-order valence-electron chi connectivity index (χ4n) is 1.54. The van der Waals surface area contributed by atoms with Crippen molar-refractivity contribution in [1.29, 1.82) is 0 Å². The number of aromatic nitrogens is 2. The van der Waals surface area contributed by atoms with E-state index >= 15 is 0 Å². The molecule has 0 aliphatic rings. The van der Waals surface area contributed by atoms with Crippen LogP contribution in [0.2, 0.25) is 0 Å². The highest BCUT2D eigenvalue weighted by molar-refractivity contribution is 7.11. The Morgan fingerprint density at radius 2 is 1.94 bits per heavy atom. The maximum Gasteiger partial charge on any atom is 0.0972 e. The SMILES string of the molecule is CC(C)(C)NCc1cnc(Cc2ccncc2)s1. The van der Waals surface area contributed by atoms with Crippen LogP contribution in [0.25, 0.3) is 0 Å². The van der Waals surface area contributed by atoms with Gasteiger partial charge in [-0.15, -0.1) is 11.3 Å². The van der Waals surface area contributed by atoms with Crippen LogP contribution in [-0.2, 0) is 13.0 Å². The van der Waals surface area contributed by atoms with Gasteiger partial charge in [0.25, 0.3) is 0 Å². The van der Waals surface area contributed by atoms with E-state index in [0.717, 1.165) is 18.0 Å². The first kappa shape index (κ1) is 13.2. The lowest BCUT2D eigenvalue weighted by Gasteiger charge is -2.19. The van der Waals surface area contributed by atoms with Crippen LogP contribution in [0.5, 0.6) is 0 Å². The standard InChI is InChI=1S/C14H19N3S/c1-14(2,3)17-10-12-9-16-13(18-12)8-11-4-6-15-7-5-11/h4-7,9,17H,8,10H2,1-3H3. The number of nitrogens with zero attached hydrogens (tertiary/aromatic N) is 2. The molecule has 4 heteroatoms. The second-order valence-electron chi connectivity index (χ2n) is 5.36. The van der Waals surface area contributed by atoms with Gasteiger partial charge in [-0.2, -0.15) is 0 Å². The highest BCUT2D eigenvalue weighted by atomic mass is 32.1. The number of nitrogens with one attached hydrogen (secondary N) is 1. The van der Waals surface area contributed by atoms with Crippen LogP contribution in [0.3, 0.4) is 0 Å². The number of pyridine rings is 1. The number of hydrogen-bond acceptors (Lipinski definition) is 4. The van der Waals surface area contributed by atoms with Crippen molar-refractivity contribution in [3.05, 3.63) is 46.2 Å². The van der Waals surface area contributed by atoms with Gasteiger partial charge < -0.3 is 5.32 Å². The van der Waals surface area contributed by atoms with E-state index in [2.05, 4.69) is 36.1 Å². The molecule has 0 saturated heterocycles. The first-order valence-electron chi connectivity index (χ1n) is 6.10. The van der Waals surface area contributed by atoms with Gasteiger partial charge in [0, 0.05) is 42.0 Å². The molecule has 0 atom stereocenters. The third kappa shape index (κ3) is 4.20. The second kappa shape index (κ2) is 5.59. The Hall–Kier alpha value is -1.26.